The van der Waals surface area contributed by atoms with Gasteiger partial charge in [0.2, 0.25) is 5.95 Å². The second kappa shape index (κ2) is 5.48. The van der Waals surface area contributed by atoms with Crippen LogP contribution >= 0.6 is 0 Å². The highest BCUT2D eigenvalue weighted by molar-refractivity contribution is 5.59. The van der Waals surface area contributed by atoms with Gasteiger partial charge in [-0.15, -0.1) is 0 Å². The summed E-state index contributed by atoms with van der Waals surface area (Å²) in [6, 6.07) is 17.6. The van der Waals surface area contributed by atoms with Crippen molar-refractivity contribution in [3.05, 3.63) is 66.5 Å². The third-order valence-corrected chi connectivity index (χ3v) is 2.81. The molecule has 0 atom stereocenters. The van der Waals surface area contributed by atoms with Crippen LogP contribution in [0.15, 0.2) is 60.8 Å². The molecule has 3 rings (SSSR count). The first-order valence-electron chi connectivity index (χ1n) is 6.40. The fourth-order valence-electron chi connectivity index (χ4n) is 1.92. The van der Waals surface area contributed by atoms with E-state index in [0.717, 1.165) is 22.8 Å². The maximum atomic E-state index is 4.51. The van der Waals surface area contributed by atoms with E-state index in [1.807, 2.05) is 61.5 Å². The first kappa shape index (κ1) is 12.3. The lowest BCUT2D eigenvalue weighted by Crippen LogP contribution is -2.00. The summed E-state index contributed by atoms with van der Waals surface area (Å²) in [6.45, 7) is 1.95. The molecule has 0 bridgehead atoms. The minimum Gasteiger partial charge on any atom is -0.324 e. The zero-order valence-corrected chi connectivity index (χ0v) is 11.1. The smallest absolute Gasteiger partial charge is 0.228 e. The topological polar surface area (TPSA) is 50.7 Å². The van der Waals surface area contributed by atoms with E-state index in [-0.39, 0.29) is 0 Å². The maximum Gasteiger partial charge on any atom is 0.228 e. The maximum absolute atomic E-state index is 4.51. The number of aryl methyl sites for hydroxylation is 1. The van der Waals surface area contributed by atoms with Gasteiger partial charge in [-0.3, -0.25) is 4.98 Å². The Morgan fingerprint density at radius 1 is 0.850 bits per heavy atom. The van der Waals surface area contributed by atoms with Crippen LogP contribution in [0.5, 0.6) is 0 Å². The van der Waals surface area contributed by atoms with Gasteiger partial charge < -0.3 is 5.32 Å². The molecule has 4 heteroatoms. The van der Waals surface area contributed by atoms with Gasteiger partial charge in [0.15, 0.2) is 0 Å². The van der Waals surface area contributed by atoms with Crippen molar-refractivity contribution in [1.29, 1.82) is 0 Å². The lowest BCUT2D eigenvalue weighted by molar-refractivity contribution is 1.10. The molecule has 98 valence electrons. The Labute approximate surface area is 117 Å². The van der Waals surface area contributed by atoms with E-state index < -0.39 is 0 Å². The predicted molar refractivity (Wildman–Crippen MR) is 79.7 cm³/mol. The SMILES string of the molecule is Cc1cc(-c2ccccn2)nc(Nc2ccccc2)n1. The Balaban J connectivity index is 1.95. The number of aromatic nitrogens is 3. The predicted octanol–water partition coefficient (Wildman–Crippen LogP) is 3.59. The van der Waals surface area contributed by atoms with Crippen molar-refractivity contribution < 1.29 is 0 Å². The van der Waals surface area contributed by atoms with Crippen LogP contribution in [0.3, 0.4) is 0 Å². The normalized spacial score (nSPS) is 10.2. The van der Waals surface area contributed by atoms with Gasteiger partial charge in [0.05, 0.1) is 11.4 Å². The molecule has 1 aromatic carbocycles. The average molecular weight is 262 g/mol. The van der Waals surface area contributed by atoms with Crippen molar-refractivity contribution >= 4 is 11.6 Å². The molecule has 20 heavy (non-hydrogen) atoms. The van der Waals surface area contributed by atoms with Crippen LogP contribution in [0.4, 0.5) is 11.6 Å². The van der Waals surface area contributed by atoms with Gasteiger partial charge >= 0.3 is 0 Å². The van der Waals surface area contributed by atoms with Crippen molar-refractivity contribution in [2.24, 2.45) is 0 Å². The minimum absolute atomic E-state index is 0.580. The highest BCUT2D eigenvalue weighted by atomic mass is 15.1. The number of pyridine rings is 1. The Bertz CT molecular complexity index is 696. The number of nitrogens with zero attached hydrogens (tertiary/aromatic N) is 3. The molecule has 0 radical (unpaired) electrons. The molecule has 0 saturated carbocycles. The van der Waals surface area contributed by atoms with Gasteiger partial charge in [0.1, 0.15) is 0 Å². The summed E-state index contributed by atoms with van der Waals surface area (Å²) in [5.41, 5.74) is 3.52. The molecule has 0 spiro atoms. The first-order valence-corrected chi connectivity index (χ1v) is 6.40. The summed E-state index contributed by atoms with van der Waals surface area (Å²) < 4.78 is 0. The van der Waals surface area contributed by atoms with E-state index in [4.69, 9.17) is 0 Å². The summed E-state index contributed by atoms with van der Waals surface area (Å²) in [4.78, 5) is 13.2. The molecule has 0 fully saturated rings. The third-order valence-electron chi connectivity index (χ3n) is 2.81. The van der Waals surface area contributed by atoms with E-state index in [0.29, 0.717) is 5.95 Å². The van der Waals surface area contributed by atoms with Crippen molar-refractivity contribution in [3.63, 3.8) is 0 Å². The molecule has 2 aromatic heterocycles. The molecule has 4 nitrogen and oxygen atoms in total. The molecule has 0 amide bonds. The zero-order chi connectivity index (χ0) is 13.8. The summed E-state index contributed by atoms with van der Waals surface area (Å²) in [5.74, 6) is 0.580. The highest BCUT2D eigenvalue weighted by Gasteiger charge is 2.05. The Hall–Kier alpha value is -2.75. The van der Waals surface area contributed by atoms with Crippen LogP contribution in [0, 0.1) is 6.92 Å². The Morgan fingerprint density at radius 3 is 2.40 bits per heavy atom. The lowest BCUT2D eigenvalue weighted by Gasteiger charge is -2.07. The quantitative estimate of drug-likeness (QED) is 0.783. The third kappa shape index (κ3) is 2.80. The summed E-state index contributed by atoms with van der Waals surface area (Å²) in [7, 11) is 0. The molecular formula is C16H14N4. The molecular weight excluding hydrogens is 248 g/mol. The minimum atomic E-state index is 0.580. The van der Waals surface area contributed by atoms with E-state index in [9.17, 15) is 0 Å². The summed E-state index contributed by atoms with van der Waals surface area (Å²) >= 11 is 0. The lowest BCUT2D eigenvalue weighted by atomic mass is 10.2. The second-order valence-corrected chi connectivity index (χ2v) is 4.42. The fraction of sp³-hybridized carbons (Fsp3) is 0.0625. The van der Waals surface area contributed by atoms with Gasteiger partial charge in [-0.1, -0.05) is 24.3 Å². The largest absolute Gasteiger partial charge is 0.324 e. The van der Waals surface area contributed by atoms with E-state index in [2.05, 4.69) is 20.3 Å². The van der Waals surface area contributed by atoms with Gasteiger partial charge in [-0.05, 0) is 37.3 Å². The van der Waals surface area contributed by atoms with Gasteiger partial charge in [-0.25, -0.2) is 9.97 Å². The summed E-state index contributed by atoms with van der Waals surface area (Å²) in [6.07, 6.45) is 1.76. The van der Waals surface area contributed by atoms with Crippen molar-refractivity contribution in [1.82, 2.24) is 15.0 Å². The van der Waals surface area contributed by atoms with Crippen LogP contribution in [0.25, 0.3) is 11.4 Å². The molecule has 0 unspecified atom stereocenters. The van der Waals surface area contributed by atoms with Gasteiger partial charge in [0.25, 0.3) is 0 Å². The summed E-state index contributed by atoms with van der Waals surface area (Å²) in [5, 5.41) is 3.20. The van der Waals surface area contributed by atoms with Gasteiger partial charge in [0, 0.05) is 17.6 Å². The van der Waals surface area contributed by atoms with Crippen LogP contribution in [0.2, 0.25) is 0 Å². The fourth-order valence-corrected chi connectivity index (χ4v) is 1.92. The van der Waals surface area contributed by atoms with E-state index in [1.165, 1.54) is 0 Å². The van der Waals surface area contributed by atoms with Crippen LogP contribution in [-0.2, 0) is 0 Å². The average Bonchev–Trinajstić information content (AvgIpc) is 2.49. The number of para-hydroxylation sites is 1. The number of benzene rings is 1. The molecule has 2 heterocycles. The van der Waals surface area contributed by atoms with Gasteiger partial charge in [-0.2, -0.15) is 0 Å². The zero-order valence-electron chi connectivity index (χ0n) is 11.1. The first-order chi connectivity index (χ1) is 9.81. The molecule has 0 saturated heterocycles. The standard InChI is InChI=1S/C16H14N4/c1-12-11-15(14-9-5-6-10-17-14)20-16(18-12)19-13-7-3-2-4-8-13/h2-11H,1H3,(H,18,19,20). The molecule has 3 aromatic rings. The van der Waals surface area contributed by atoms with Crippen molar-refractivity contribution in [2.75, 3.05) is 5.32 Å². The van der Waals surface area contributed by atoms with E-state index in [1.54, 1.807) is 6.20 Å². The van der Waals surface area contributed by atoms with Crippen LogP contribution in [0.1, 0.15) is 5.69 Å². The molecule has 0 aliphatic carbocycles. The highest BCUT2D eigenvalue weighted by Crippen LogP contribution is 2.18. The van der Waals surface area contributed by atoms with Crippen molar-refractivity contribution in [3.8, 4) is 11.4 Å². The Kier molecular flexibility index (Phi) is 3.37. The second-order valence-electron chi connectivity index (χ2n) is 4.42. The van der Waals surface area contributed by atoms with Crippen LogP contribution in [-0.4, -0.2) is 15.0 Å². The van der Waals surface area contributed by atoms with E-state index >= 15 is 0 Å². The number of anilines is 2. The monoisotopic (exact) mass is 262 g/mol. The molecule has 0 aliphatic rings. The Morgan fingerprint density at radius 2 is 1.65 bits per heavy atom. The molecule has 0 aliphatic heterocycles. The van der Waals surface area contributed by atoms with Crippen molar-refractivity contribution in [2.45, 2.75) is 6.92 Å². The number of nitrogens with one attached hydrogen (secondary N) is 1. The number of hydrogen-bond acceptors (Lipinski definition) is 4. The number of hydrogen-bond donors (Lipinski definition) is 1. The number of rotatable bonds is 3. The van der Waals surface area contributed by atoms with Crippen LogP contribution < -0.4 is 5.32 Å². The molecule has 1 N–H and O–H groups in total.